The average Bonchev–Trinajstić information content (AvgIpc) is 2.30. The highest BCUT2D eigenvalue weighted by atomic mass is 32.2. The zero-order valence-corrected chi connectivity index (χ0v) is 8.85. The second kappa shape index (κ2) is 5.50. The van der Waals surface area contributed by atoms with Crippen molar-refractivity contribution in [2.45, 2.75) is 25.4 Å². The van der Waals surface area contributed by atoms with Crippen LogP contribution in [-0.2, 0) is 4.79 Å². The van der Waals surface area contributed by atoms with Crippen LogP contribution in [0.1, 0.15) is 19.3 Å². The number of hydrogen-bond acceptors (Lipinski definition) is 3. The van der Waals surface area contributed by atoms with E-state index in [0.29, 0.717) is 5.75 Å². The van der Waals surface area contributed by atoms with Crippen LogP contribution in [0, 0.1) is 0 Å². The summed E-state index contributed by atoms with van der Waals surface area (Å²) in [5, 5.41) is 9.38. The van der Waals surface area contributed by atoms with E-state index in [9.17, 15) is 9.90 Å². The number of hydrogen-bond donors (Lipinski definition) is 1. The van der Waals surface area contributed by atoms with Gasteiger partial charge >= 0.3 is 0 Å². The molecule has 4 heteroatoms. The van der Waals surface area contributed by atoms with E-state index < -0.39 is 0 Å². The molecule has 0 aromatic carbocycles. The fraction of sp³-hybridized carbons (Fsp3) is 0.889. The van der Waals surface area contributed by atoms with Crippen LogP contribution in [0.25, 0.3) is 0 Å². The lowest BCUT2D eigenvalue weighted by atomic mass is 10.2. The Morgan fingerprint density at radius 2 is 2.31 bits per heavy atom. The van der Waals surface area contributed by atoms with Gasteiger partial charge in [0.1, 0.15) is 0 Å². The van der Waals surface area contributed by atoms with Crippen molar-refractivity contribution in [3.63, 3.8) is 0 Å². The first-order valence-electron chi connectivity index (χ1n) is 4.69. The third-order valence-electron chi connectivity index (χ3n) is 2.32. The van der Waals surface area contributed by atoms with Gasteiger partial charge < -0.3 is 10.0 Å². The van der Waals surface area contributed by atoms with Crippen molar-refractivity contribution in [1.29, 1.82) is 0 Å². The van der Waals surface area contributed by atoms with E-state index in [1.165, 1.54) is 0 Å². The molecule has 0 saturated carbocycles. The van der Waals surface area contributed by atoms with E-state index in [1.54, 1.807) is 11.8 Å². The molecule has 0 bridgehead atoms. The van der Waals surface area contributed by atoms with Gasteiger partial charge in [0, 0.05) is 13.1 Å². The van der Waals surface area contributed by atoms with Gasteiger partial charge in [-0.1, -0.05) is 0 Å². The lowest BCUT2D eigenvalue weighted by molar-refractivity contribution is -0.128. The zero-order chi connectivity index (χ0) is 9.68. The second-order valence-corrected chi connectivity index (χ2v) is 4.26. The molecule has 1 aliphatic rings. The third kappa shape index (κ3) is 3.56. The Balaban J connectivity index is 2.37. The first-order chi connectivity index (χ1) is 6.24. The summed E-state index contributed by atoms with van der Waals surface area (Å²) in [5.41, 5.74) is 0. The Hall–Kier alpha value is -0.220. The van der Waals surface area contributed by atoms with Gasteiger partial charge in [-0.2, -0.15) is 11.8 Å². The molecule has 1 N–H and O–H groups in total. The summed E-state index contributed by atoms with van der Waals surface area (Å²) in [6.07, 6.45) is 4.24. The molecule has 3 nitrogen and oxygen atoms in total. The van der Waals surface area contributed by atoms with Gasteiger partial charge in [0.05, 0.1) is 11.9 Å². The van der Waals surface area contributed by atoms with E-state index in [1.807, 2.05) is 11.2 Å². The highest BCUT2D eigenvalue weighted by Crippen LogP contribution is 2.11. The first-order valence-corrected chi connectivity index (χ1v) is 6.08. The van der Waals surface area contributed by atoms with Crippen LogP contribution in [0.2, 0.25) is 0 Å². The molecule has 1 fully saturated rings. The molecule has 0 spiro atoms. The number of carbonyl (C=O) groups excluding carboxylic acids is 1. The minimum atomic E-state index is -0.202. The molecular weight excluding hydrogens is 186 g/mol. The van der Waals surface area contributed by atoms with Crippen LogP contribution in [-0.4, -0.2) is 47.1 Å². The molecule has 1 aliphatic heterocycles. The average molecular weight is 203 g/mol. The standard InChI is InChI=1S/C9H17NO2S/c1-13-7-9(12)10-5-2-3-8(11)4-6-10/h8,11H,2-7H2,1H3. The Bertz CT molecular complexity index is 175. The van der Waals surface area contributed by atoms with Gasteiger partial charge in [-0.25, -0.2) is 0 Å². The number of nitrogens with zero attached hydrogens (tertiary/aromatic N) is 1. The molecule has 0 aromatic heterocycles. The minimum absolute atomic E-state index is 0.202. The number of aliphatic hydroxyl groups is 1. The van der Waals surface area contributed by atoms with Crippen molar-refractivity contribution in [1.82, 2.24) is 4.90 Å². The summed E-state index contributed by atoms with van der Waals surface area (Å²) in [6.45, 7) is 1.54. The van der Waals surface area contributed by atoms with Gasteiger partial charge in [-0.3, -0.25) is 4.79 Å². The number of likely N-dealkylation sites (tertiary alicyclic amines) is 1. The lowest BCUT2D eigenvalue weighted by Gasteiger charge is -2.19. The summed E-state index contributed by atoms with van der Waals surface area (Å²) in [6, 6.07) is 0. The van der Waals surface area contributed by atoms with E-state index in [-0.39, 0.29) is 12.0 Å². The van der Waals surface area contributed by atoms with E-state index in [4.69, 9.17) is 0 Å². The lowest BCUT2D eigenvalue weighted by Crippen LogP contribution is -2.33. The molecule has 1 saturated heterocycles. The normalized spacial score (nSPS) is 24.2. The summed E-state index contributed by atoms with van der Waals surface area (Å²) in [4.78, 5) is 13.3. The molecule has 0 aliphatic carbocycles. The molecule has 1 heterocycles. The smallest absolute Gasteiger partial charge is 0.232 e. The Morgan fingerprint density at radius 3 is 3.00 bits per heavy atom. The van der Waals surface area contributed by atoms with Gasteiger partial charge in [-0.15, -0.1) is 0 Å². The Labute approximate surface area is 83.5 Å². The maximum atomic E-state index is 11.5. The van der Waals surface area contributed by atoms with Crippen molar-refractivity contribution >= 4 is 17.7 Å². The van der Waals surface area contributed by atoms with E-state index in [2.05, 4.69) is 0 Å². The van der Waals surface area contributed by atoms with Crippen LogP contribution >= 0.6 is 11.8 Å². The van der Waals surface area contributed by atoms with Gasteiger partial charge in [-0.05, 0) is 25.5 Å². The maximum Gasteiger partial charge on any atom is 0.232 e. The minimum Gasteiger partial charge on any atom is -0.393 e. The van der Waals surface area contributed by atoms with Gasteiger partial charge in [0.15, 0.2) is 0 Å². The van der Waals surface area contributed by atoms with Crippen molar-refractivity contribution in [2.75, 3.05) is 25.1 Å². The van der Waals surface area contributed by atoms with Crippen molar-refractivity contribution in [3.8, 4) is 0 Å². The SMILES string of the molecule is CSCC(=O)N1CCCC(O)CC1. The van der Waals surface area contributed by atoms with Crippen LogP contribution in [0.3, 0.4) is 0 Å². The third-order valence-corrected chi connectivity index (χ3v) is 2.85. The van der Waals surface area contributed by atoms with Crippen molar-refractivity contribution in [2.24, 2.45) is 0 Å². The molecule has 13 heavy (non-hydrogen) atoms. The molecular formula is C9H17NO2S. The van der Waals surface area contributed by atoms with Crippen LogP contribution in [0.15, 0.2) is 0 Å². The van der Waals surface area contributed by atoms with Gasteiger partial charge in [0.25, 0.3) is 0 Å². The topological polar surface area (TPSA) is 40.5 Å². The molecule has 1 unspecified atom stereocenters. The van der Waals surface area contributed by atoms with Crippen LogP contribution in [0.4, 0.5) is 0 Å². The molecule has 0 radical (unpaired) electrons. The number of carbonyl (C=O) groups is 1. The summed E-state index contributed by atoms with van der Waals surface area (Å²) in [7, 11) is 0. The molecule has 1 rings (SSSR count). The fourth-order valence-corrected chi connectivity index (χ4v) is 1.97. The summed E-state index contributed by atoms with van der Waals surface area (Å²) in [5.74, 6) is 0.775. The largest absolute Gasteiger partial charge is 0.393 e. The maximum absolute atomic E-state index is 11.5. The van der Waals surface area contributed by atoms with Crippen LogP contribution in [0.5, 0.6) is 0 Å². The number of amides is 1. The van der Waals surface area contributed by atoms with E-state index in [0.717, 1.165) is 32.4 Å². The summed E-state index contributed by atoms with van der Waals surface area (Å²) >= 11 is 1.56. The molecule has 76 valence electrons. The predicted molar refractivity (Wildman–Crippen MR) is 54.8 cm³/mol. The van der Waals surface area contributed by atoms with Crippen LogP contribution < -0.4 is 0 Å². The fourth-order valence-electron chi connectivity index (χ4n) is 1.54. The zero-order valence-electron chi connectivity index (χ0n) is 8.03. The Kier molecular flexibility index (Phi) is 4.59. The monoisotopic (exact) mass is 203 g/mol. The first kappa shape index (κ1) is 10.9. The molecule has 0 aromatic rings. The highest BCUT2D eigenvalue weighted by Gasteiger charge is 2.18. The van der Waals surface area contributed by atoms with E-state index >= 15 is 0 Å². The molecule has 1 atom stereocenters. The number of rotatable bonds is 2. The number of thioether (sulfide) groups is 1. The highest BCUT2D eigenvalue weighted by molar-refractivity contribution is 7.99. The summed E-state index contributed by atoms with van der Waals surface area (Å²) < 4.78 is 0. The predicted octanol–water partition coefficient (Wildman–Crippen LogP) is 0.723. The number of aliphatic hydroxyl groups excluding tert-OH is 1. The Morgan fingerprint density at radius 1 is 1.54 bits per heavy atom. The van der Waals surface area contributed by atoms with Crippen molar-refractivity contribution < 1.29 is 9.90 Å². The quantitative estimate of drug-likeness (QED) is 0.719. The van der Waals surface area contributed by atoms with Crippen molar-refractivity contribution in [3.05, 3.63) is 0 Å². The second-order valence-electron chi connectivity index (χ2n) is 3.40. The van der Waals surface area contributed by atoms with Gasteiger partial charge in [0.2, 0.25) is 5.91 Å². The molecule has 1 amide bonds.